The summed E-state index contributed by atoms with van der Waals surface area (Å²) in [5.74, 6) is 1.24. The molecule has 5 heteroatoms. The van der Waals surface area contributed by atoms with Crippen LogP contribution in [0.15, 0.2) is 6.33 Å². The maximum Gasteiger partial charge on any atom is 0.134 e. The van der Waals surface area contributed by atoms with E-state index in [-0.39, 0.29) is 12.0 Å². The standard InChI is InChI=1S/C12H22N4O/c1-4-12(5-2,7-17)6-14-11-9(3)10(13)15-8-16-11/h8,17H,4-7H2,1-3H3,(H3,13,14,15,16). The average Bonchev–Trinajstić information content (AvgIpc) is 2.36. The first-order valence-electron chi connectivity index (χ1n) is 6.00. The van der Waals surface area contributed by atoms with Gasteiger partial charge in [-0.25, -0.2) is 9.97 Å². The molecular formula is C12H22N4O. The van der Waals surface area contributed by atoms with Crippen molar-refractivity contribution in [2.45, 2.75) is 33.6 Å². The van der Waals surface area contributed by atoms with Gasteiger partial charge in [-0.3, -0.25) is 0 Å². The number of nitrogens with zero attached hydrogens (tertiary/aromatic N) is 2. The van der Waals surface area contributed by atoms with Crippen molar-refractivity contribution in [3.63, 3.8) is 0 Å². The summed E-state index contributed by atoms with van der Waals surface area (Å²) >= 11 is 0. The second-order valence-electron chi connectivity index (χ2n) is 4.45. The number of anilines is 2. The van der Waals surface area contributed by atoms with E-state index in [1.54, 1.807) is 0 Å². The quantitative estimate of drug-likeness (QED) is 0.700. The van der Waals surface area contributed by atoms with Gasteiger partial charge in [0.05, 0.1) is 6.61 Å². The fourth-order valence-corrected chi connectivity index (χ4v) is 1.69. The summed E-state index contributed by atoms with van der Waals surface area (Å²) < 4.78 is 0. The summed E-state index contributed by atoms with van der Waals surface area (Å²) in [7, 11) is 0. The smallest absolute Gasteiger partial charge is 0.134 e. The van der Waals surface area contributed by atoms with Gasteiger partial charge < -0.3 is 16.2 Å². The summed E-state index contributed by atoms with van der Waals surface area (Å²) in [4.78, 5) is 8.08. The lowest BCUT2D eigenvalue weighted by Gasteiger charge is -2.30. The van der Waals surface area contributed by atoms with E-state index in [1.807, 2.05) is 6.92 Å². The molecule has 0 fully saturated rings. The third kappa shape index (κ3) is 3.06. The summed E-state index contributed by atoms with van der Waals surface area (Å²) in [5, 5.41) is 12.7. The zero-order valence-electron chi connectivity index (χ0n) is 10.8. The van der Waals surface area contributed by atoms with E-state index >= 15 is 0 Å². The molecule has 0 bridgehead atoms. The molecule has 1 aromatic heterocycles. The number of aliphatic hydroxyl groups is 1. The summed E-state index contributed by atoms with van der Waals surface area (Å²) in [5.41, 5.74) is 6.48. The van der Waals surface area contributed by atoms with Crippen molar-refractivity contribution in [2.75, 3.05) is 24.2 Å². The van der Waals surface area contributed by atoms with Crippen molar-refractivity contribution >= 4 is 11.6 Å². The van der Waals surface area contributed by atoms with Gasteiger partial charge in [-0.2, -0.15) is 0 Å². The third-order valence-corrected chi connectivity index (χ3v) is 3.59. The van der Waals surface area contributed by atoms with Gasteiger partial charge in [0, 0.05) is 17.5 Å². The number of hydrogen-bond donors (Lipinski definition) is 3. The van der Waals surface area contributed by atoms with Gasteiger partial charge in [-0.05, 0) is 19.8 Å². The van der Waals surface area contributed by atoms with E-state index in [0.29, 0.717) is 12.4 Å². The molecule has 17 heavy (non-hydrogen) atoms. The molecule has 0 saturated heterocycles. The number of aliphatic hydroxyl groups excluding tert-OH is 1. The molecule has 96 valence electrons. The number of aromatic nitrogens is 2. The van der Waals surface area contributed by atoms with Gasteiger partial charge in [0.25, 0.3) is 0 Å². The Morgan fingerprint density at radius 2 is 2.00 bits per heavy atom. The lowest BCUT2D eigenvalue weighted by molar-refractivity contribution is 0.127. The lowest BCUT2D eigenvalue weighted by atomic mass is 9.83. The molecule has 0 amide bonds. The first-order chi connectivity index (χ1) is 8.08. The van der Waals surface area contributed by atoms with Crippen LogP contribution in [0.5, 0.6) is 0 Å². The Hall–Kier alpha value is -1.36. The molecule has 0 unspecified atom stereocenters. The molecule has 0 saturated carbocycles. The predicted octanol–water partition coefficient (Wildman–Crippen LogP) is 1.58. The fourth-order valence-electron chi connectivity index (χ4n) is 1.69. The molecule has 0 spiro atoms. The minimum atomic E-state index is -0.0911. The number of nitrogen functional groups attached to an aromatic ring is 1. The van der Waals surface area contributed by atoms with Gasteiger partial charge >= 0.3 is 0 Å². The Morgan fingerprint density at radius 1 is 1.35 bits per heavy atom. The van der Waals surface area contributed by atoms with Crippen LogP contribution < -0.4 is 11.1 Å². The summed E-state index contributed by atoms with van der Waals surface area (Å²) in [6, 6.07) is 0. The third-order valence-electron chi connectivity index (χ3n) is 3.59. The van der Waals surface area contributed by atoms with Crippen molar-refractivity contribution in [1.82, 2.24) is 9.97 Å². The van der Waals surface area contributed by atoms with Crippen LogP contribution >= 0.6 is 0 Å². The molecule has 4 N–H and O–H groups in total. The van der Waals surface area contributed by atoms with Crippen LogP contribution in [0.4, 0.5) is 11.6 Å². The number of nitrogens with one attached hydrogen (secondary N) is 1. The zero-order chi connectivity index (χ0) is 12.9. The normalized spacial score (nSPS) is 11.5. The van der Waals surface area contributed by atoms with Crippen molar-refractivity contribution in [3.05, 3.63) is 11.9 Å². The molecule has 1 heterocycles. The number of rotatable bonds is 6. The molecule has 0 aromatic carbocycles. The maximum absolute atomic E-state index is 9.48. The van der Waals surface area contributed by atoms with Crippen LogP contribution in [-0.2, 0) is 0 Å². The first kappa shape index (κ1) is 13.7. The fraction of sp³-hybridized carbons (Fsp3) is 0.667. The Labute approximate surface area is 102 Å². The van der Waals surface area contributed by atoms with Crippen LogP contribution in [0.2, 0.25) is 0 Å². The first-order valence-corrected chi connectivity index (χ1v) is 6.00. The number of nitrogens with two attached hydrogens (primary N) is 1. The molecule has 0 radical (unpaired) electrons. The van der Waals surface area contributed by atoms with Gasteiger partial charge in [0.15, 0.2) is 0 Å². The Kier molecular flexibility index (Phi) is 4.69. The van der Waals surface area contributed by atoms with Crippen LogP contribution in [0.1, 0.15) is 32.3 Å². The predicted molar refractivity (Wildman–Crippen MR) is 69.8 cm³/mol. The van der Waals surface area contributed by atoms with E-state index in [0.717, 1.165) is 24.2 Å². The largest absolute Gasteiger partial charge is 0.396 e. The highest BCUT2D eigenvalue weighted by atomic mass is 16.3. The maximum atomic E-state index is 9.48. The van der Waals surface area contributed by atoms with Crippen molar-refractivity contribution < 1.29 is 5.11 Å². The van der Waals surface area contributed by atoms with Crippen LogP contribution in [-0.4, -0.2) is 28.2 Å². The van der Waals surface area contributed by atoms with Crippen molar-refractivity contribution in [2.24, 2.45) is 5.41 Å². The van der Waals surface area contributed by atoms with E-state index in [2.05, 4.69) is 29.1 Å². The van der Waals surface area contributed by atoms with Gasteiger partial charge in [0.1, 0.15) is 18.0 Å². The second kappa shape index (κ2) is 5.82. The van der Waals surface area contributed by atoms with E-state index in [1.165, 1.54) is 6.33 Å². The molecular weight excluding hydrogens is 216 g/mol. The Morgan fingerprint density at radius 3 is 2.53 bits per heavy atom. The molecule has 0 aliphatic rings. The highest BCUT2D eigenvalue weighted by Crippen LogP contribution is 2.26. The molecule has 1 rings (SSSR count). The minimum absolute atomic E-state index is 0.0911. The molecule has 0 atom stereocenters. The van der Waals surface area contributed by atoms with Crippen LogP contribution in [0, 0.1) is 12.3 Å². The topological polar surface area (TPSA) is 84.1 Å². The molecule has 0 aliphatic heterocycles. The van der Waals surface area contributed by atoms with E-state index in [9.17, 15) is 5.11 Å². The van der Waals surface area contributed by atoms with Crippen LogP contribution in [0.3, 0.4) is 0 Å². The van der Waals surface area contributed by atoms with E-state index < -0.39 is 0 Å². The monoisotopic (exact) mass is 238 g/mol. The second-order valence-corrected chi connectivity index (χ2v) is 4.45. The highest BCUT2D eigenvalue weighted by Gasteiger charge is 2.25. The van der Waals surface area contributed by atoms with Gasteiger partial charge in [0.2, 0.25) is 0 Å². The highest BCUT2D eigenvalue weighted by molar-refractivity contribution is 5.53. The minimum Gasteiger partial charge on any atom is -0.396 e. The zero-order valence-corrected chi connectivity index (χ0v) is 10.8. The Bertz CT molecular complexity index is 355. The molecule has 1 aromatic rings. The number of hydrogen-bond acceptors (Lipinski definition) is 5. The average molecular weight is 238 g/mol. The lowest BCUT2D eigenvalue weighted by Crippen LogP contribution is -2.32. The molecule has 5 nitrogen and oxygen atoms in total. The van der Waals surface area contributed by atoms with Gasteiger partial charge in [-0.15, -0.1) is 0 Å². The summed E-state index contributed by atoms with van der Waals surface area (Å²) in [6.07, 6.45) is 3.29. The SMILES string of the molecule is CCC(CC)(CO)CNc1ncnc(N)c1C. The van der Waals surface area contributed by atoms with Crippen molar-refractivity contribution in [3.8, 4) is 0 Å². The van der Waals surface area contributed by atoms with Gasteiger partial charge in [-0.1, -0.05) is 13.8 Å². The molecule has 0 aliphatic carbocycles. The van der Waals surface area contributed by atoms with E-state index in [4.69, 9.17) is 5.73 Å². The Balaban J connectivity index is 2.75. The summed E-state index contributed by atoms with van der Waals surface area (Å²) in [6.45, 7) is 6.92. The van der Waals surface area contributed by atoms with Crippen molar-refractivity contribution in [1.29, 1.82) is 0 Å². The van der Waals surface area contributed by atoms with Crippen LogP contribution in [0.25, 0.3) is 0 Å².